The quantitative estimate of drug-likeness (QED) is 0.468. The van der Waals surface area contributed by atoms with Gasteiger partial charge in [0, 0.05) is 6.42 Å². The monoisotopic (exact) mass is 293 g/mol. The van der Waals surface area contributed by atoms with Crippen LogP contribution in [0.25, 0.3) is 0 Å². The van der Waals surface area contributed by atoms with Gasteiger partial charge >= 0.3 is 11.9 Å². The molecule has 0 aliphatic heterocycles. The van der Waals surface area contributed by atoms with Gasteiger partial charge in [0.25, 0.3) is 3.79 Å². The first kappa shape index (κ1) is 18.1. The average Bonchev–Trinajstić information content (AvgIpc) is 2.17. The van der Waals surface area contributed by atoms with Crippen LogP contribution in [-0.4, -0.2) is 34.5 Å². The van der Waals surface area contributed by atoms with Crippen molar-refractivity contribution < 1.29 is 19.4 Å². The molecule has 5 nitrogen and oxygen atoms in total. The zero-order valence-corrected chi connectivity index (χ0v) is 11.0. The molecule has 8 heteroatoms. The second kappa shape index (κ2) is 9.96. The van der Waals surface area contributed by atoms with E-state index in [-0.39, 0.29) is 5.97 Å². The van der Waals surface area contributed by atoms with Crippen LogP contribution >= 0.6 is 34.8 Å². The first-order chi connectivity index (χ1) is 7.25. The standard InChI is InChI=1S/C6H13NO2.C2HCl3O2/c1-9-6(8)4-2-3-5-7;3-2(4,5)1(6)7/h2-5,7H2,1H3;(H,6,7). The number of carbonyl (C=O) groups excluding carboxylic acids is 1. The van der Waals surface area contributed by atoms with E-state index in [1.54, 1.807) is 0 Å². The van der Waals surface area contributed by atoms with Gasteiger partial charge in [0.1, 0.15) is 0 Å². The Morgan fingerprint density at radius 3 is 2.00 bits per heavy atom. The van der Waals surface area contributed by atoms with Crippen LogP contribution in [0.4, 0.5) is 0 Å². The number of halogens is 3. The molecule has 96 valence electrons. The van der Waals surface area contributed by atoms with Crippen LogP contribution in [0.15, 0.2) is 0 Å². The average molecular weight is 295 g/mol. The van der Waals surface area contributed by atoms with E-state index < -0.39 is 9.76 Å². The molecular weight excluding hydrogens is 280 g/mol. The van der Waals surface area contributed by atoms with E-state index in [1.807, 2.05) is 0 Å². The molecule has 0 fully saturated rings. The van der Waals surface area contributed by atoms with Crippen LogP contribution in [0.2, 0.25) is 0 Å². The van der Waals surface area contributed by atoms with Crippen molar-refractivity contribution in [2.45, 2.75) is 23.1 Å². The number of ether oxygens (including phenoxy) is 1. The minimum absolute atomic E-state index is 0.150. The maximum absolute atomic E-state index is 10.4. The van der Waals surface area contributed by atoms with Gasteiger partial charge in [-0.3, -0.25) is 4.79 Å². The summed E-state index contributed by atoms with van der Waals surface area (Å²) in [6.45, 7) is 0.650. The summed E-state index contributed by atoms with van der Waals surface area (Å²) in [4.78, 5) is 20.0. The number of nitrogens with two attached hydrogens (primary N) is 1. The lowest BCUT2D eigenvalue weighted by molar-refractivity contribution is -0.140. The van der Waals surface area contributed by atoms with Crippen LogP contribution in [0.5, 0.6) is 0 Å². The molecule has 0 radical (unpaired) electrons. The van der Waals surface area contributed by atoms with Gasteiger partial charge < -0.3 is 15.6 Å². The first-order valence-corrected chi connectivity index (χ1v) is 5.46. The lowest BCUT2D eigenvalue weighted by atomic mass is 10.2. The topological polar surface area (TPSA) is 89.6 Å². The highest BCUT2D eigenvalue weighted by molar-refractivity contribution is 6.75. The molecule has 0 amide bonds. The largest absolute Gasteiger partial charge is 0.478 e. The van der Waals surface area contributed by atoms with Crippen molar-refractivity contribution in [3.05, 3.63) is 0 Å². The van der Waals surface area contributed by atoms with Gasteiger partial charge in [-0.1, -0.05) is 34.8 Å². The molecule has 16 heavy (non-hydrogen) atoms. The number of unbranched alkanes of at least 4 members (excludes halogenated alkanes) is 1. The Labute approximate surface area is 109 Å². The summed E-state index contributed by atoms with van der Waals surface area (Å²) >= 11 is 14.4. The Morgan fingerprint density at radius 1 is 1.31 bits per heavy atom. The van der Waals surface area contributed by atoms with Crippen molar-refractivity contribution in [2.75, 3.05) is 13.7 Å². The second-order valence-corrected chi connectivity index (χ2v) is 4.91. The number of aliphatic carboxylic acids is 1. The van der Waals surface area contributed by atoms with Gasteiger partial charge in [-0.25, -0.2) is 4.79 Å². The normalized spacial score (nSPS) is 10.1. The van der Waals surface area contributed by atoms with E-state index in [1.165, 1.54) is 7.11 Å². The number of carboxylic acids is 1. The highest BCUT2D eigenvalue weighted by atomic mass is 35.6. The number of carboxylic acid groups (broad SMARTS) is 1. The smallest absolute Gasteiger partial charge is 0.356 e. The van der Waals surface area contributed by atoms with E-state index in [0.717, 1.165) is 12.8 Å². The fourth-order valence-electron chi connectivity index (χ4n) is 0.516. The number of alkyl halides is 3. The SMILES string of the molecule is COC(=O)CCCCN.O=C(O)C(Cl)(Cl)Cl. The summed E-state index contributed by atoms with van der Waals surface area (Å²) in [5.74, 6) is -1.61. The predicted octanol–water partition coefficient (Wildman–Crippen LogP) is 1.73. The maximum Gasteiger partial charge on any atom is 0.356 e. The number of rotatable bonds is 4. The van der Waals surface area contributed by atoms with Crippen LogP contribution in [0, 0.1) is 0 Å². The molecule has 0 heterocycles. The second-order valence-electron chi connectivity index (χ2n) is 2.62. The minimum Gasteiger partial charge on any atom is -0.478 e. The van der Waals surface area contributed by atoms with Crippen molar-refractivity contribution in [3.63, 3.8) is 0 Å². The molecule has 0 aromatic carbocycles. The van der Waals surface area contributed by atoms with Gasteiger partial charge in [0.15, 0.2) is 0 Å². The fraction of sp³-hybridized carbons (Fsp3) is 0.750. The van der Waals surface area contributed by atoms with Crippen LogP contribution < -0.4 is 5.73 Å². The molecule has 0 aliphatic rings. The number of hydrogen-bond donors (Lipinski definition) is 2. The molecule has 0 aromatic heterocycles. The summed E-state index contributed by atoms with van der Waals surface area (Å²) < 4.78 is 2.25. The first-order valence-electron chi connectivity index (χ1n) is 4.32. The van der Waals surface area contributed by atoms with Crippen molar-refractivity contribution in [1.29, 1.82) is 0 Å². The molecule has 0 bridgehead atoms. The van der Waals surface area contributed by atoms with E-state index >= 15 is 0 Å². The lowest BCUT2D eigenvalue weighted by Gasteiger charge is -1.99. The number of carbonyl (C=O) groups is 2. The van der Waals surface area contributed by atoms with Crippen molar-refractivity contribution in [1.82, 2.24) is 0 Å². The molecule has 0 spiro atoms. The summed E-state index contributed by atoms with van der Waals surface area (Å²) in [6, 6.07) is 0. The number of esters is 1. The molecule has 0 unspecified atom stereocenters. The Balaban J connectivity index is 0. The Hall–Kier alpha value is -0.230. The Morgan fingerprint density at radius 2 is 1.75 bits per heavy atom. The summed E-state index contributed by atoms with van der Waals surface area (Å²) in [7, 11) is 1.39. The van der Waals surface area contributed by atoms with Crippen molar-refractivity contribution in [2.24, 2.45) is 5.73 Å². The fourth-order valence-corrected chi connectivity index (χ4v) is 0.516. The third kappa shape index (κ3) is 13.8. The van der Waals surface area contributed by atoms with Gasteiger partial charge in [-0.05, 0) is 19.4 Å². The molecule has 0 rings (SSSR count). The molecule has 3 N–H and O–H groups in total. The highest BCUT2D eigenvalue weighted by Crippen LogP contribution is 2.25. The number of methoxy groups -OCH3 is 1. The van der Waals surface area contributed by atoms with Crippen LogP contribution in [0.1, 0.15) is 19.3 Å². The third-order valence-electron chi connectivity index (χ3n) is 1.31. The van der Waals surface area contributed by atoms with Gasteiger partial charge in [0.2, 0.25) is 0 Å². The molecule has 0 atom stereocenters. The molecule has 0 aliphatic carbocycles. The zero-order valence-electron chi connectivity index (χ0n) is 8.71. The zero-order chi connectivity index (χ0) is 13.2. The third-order valence-corrected chi connectivity index (χ3v) is 1.79. The summed E-state index contributed by atoms with van der Waals surface area (Å²) in [5, 5.41) is 7.85. The van der Waals surface area contributed by atoms with Crippen molar-refractivity contribution >= 4 is 46.7 Å². The van der Waals surface area contributed by atoms with Crippen LogP contribution in [-0.2, 0) is 14.3 Å². The van der Waals surface area contributed by atoms with Crippen molar-refractivity contribution in [3.8, 4) is 0 Å². The minimum atomic E-state index is -2.17. The summed E-state index contributed by atoms with van der Waals surface area (Å²) in [5.41, 5.74) is 5.20. The highest BCUT2D eigenvalue weighted by Gasteiger charge is 2.29. The van der Waals surface area contributed by atoms with Gasteiger partial charge in [0.05, 0.1) is 7.11 Å². The van der Waals surface area contributed by atoms with Crippen LogP contribution in [0.3, 0.4) is 0 Å². The number of hydrogen-bond acceptors (Lipinski definition) is 4. The molecule has 0 aromatic rings. The molecular formula is C8H14Cl3NO4. The summed E-state index contributed by atoms with van der Waals surface area (Å²) in [6.07, 6.45) is 2.23. The Kier molecular flexibility index (Phi) is 11.3. The lowest BCUT2D eigenvalue weighted by Crippen LogP contribution is -2.16. The van der Waals surface area contributed by atoms with Gasteiger partial charge in [-0.2, -0.15) is 0 Å². The molecule has 0 saturated carbocycles. The van der Waals surface area contributed by atoms with E-state index in [4.69, 9.17) is 45.6 Å². The van der Waals surface area contributed by atoms with E-state index in [0.29, 0.717) is 13.0 Å². The Bertz CT molecular complexity index is 218. The predicted molar refractivity (Wildman–Crippen MR) is 62.8 cm³/mol. The molecule has 0 saturated heterocycles. The van der Waals surface area contributed by atoms with Gasteiger partial charge in [-0.15, -0.1) is 0 Å². The van der Waals surface area contributed by atoms with E-state index in [9.17, 15) is 9.59 Å². The maximum atomic E-state index is 10.4. The van der Waals surface area contributed by atoms with E-state index in [2.05, 4.69) is 4.74 Å².